The summed E-state index contributed by atoms with van der Waals surface area (Å²) < 4.78 is 7.60. The van der Waals surface area contributed by atoms with E-state index in [2.05, 4.69) is 70.7 Å². The van der Waals surface area contributed by atoms with Crippen molar-refractivity contribution < 1.29 is 4.74 Å². The number of nitrogens with one attached hydrogen (secondary N) is 1. The molecule has 2 aliphatic heterocycles. The molecule has 0 unspecified atom stereocenters. The molecule has 3 heterocycles. The molecule has 1 aromatic heterocycles. The fourth-order valence-corrected chi connectivity index (χ4v) is 4.18. The second kappa shape index (κ2) is 14.2. The van der Waals surface area contributed by atoms with Crippen LogP contribution in [0.1, 0.15) is 44.9 Å². The minimum atomic E-state index is 0.292. The molecular weight excluding hydrogens is 462 g/mol. The Bertz CT molecular complexity index is 1160. The minimum Gasteiger partial charge on any atom is -0.380 e. The third-order valence-corrected chi connectivity index (χ3v) is 5.87. The van der Waals surface area contributed by atoms with Crippen LogP contribution in [0.25, 0.3) is 5.57 Å². The van der Waals surface area contributed by atoms with Crippen molar-refractivity contribution in [2.75, 3.05) is 38.3 Å². The van der Waals surface area contributed by atoms with Crippen molar-refractivity contribution in [3.8, 4) is 0 Å². The Morgan fingerprint density at radius 1 is 1.27 bits per heavy atom. The van der Waals surface area contributed by atoms with Gasteiger partial charge in [0.2, 0.25) is 0 Å². The molecule has 0 bridgehead atoms. The van der Waals surface area contributed by atoms with Gasteiger partial charge in [0.25, 0.3) is 5.96 Å². The van der Waals surface area contributed by atoms with Gasteiger partial charge < -0.3 is 4.74 Å². The van der Waals surface area contributed by atoms with Crippen LogP contribution in [0.4, 0.5) is 0 Å². The Kier molecular flexibility index (Phi) is 10.7. The molecule has 1 saturated heterocycles. The Morgan fingerprint density at radius 2 is 2.11 bits per heavy atom. The van der Waals surface area contributed by atoms with Crippen LogP contribution < -0.4 is 5.43 Å². The molecule has 2 aliphatic rings. The Morgan fingerprint density at radius 3 is 2.84 bits per heavy atom. The first kappa shape index (κ1) is 28.0. The lowest BCUT2D eigenvalue weighted by molar-refractivity contribution is 0.140. The van der Waals surface area contributed by atoms with Gasteiger partial charge in [-0.25, -0.2) is 4.99 Å². The van der Waals surface area contributed by atoms with Crippen LogP contribution >= 0.6 is 0 Å². The standard InChI is InChI=1S/C29H39N7O/c1-7-10-24(15-22(3)4)19-32-33-29(30-6)34-36-20-25(27-16-23(5)18-31-28(27)8-2)17-26(36)21-35-11-9-13-37-14-12-35/h7,10,15-17,19-20H,1,5-6,8-9,11-14,18,21H2,2-4H3,(H,33,34)/b24-10+,32-19+. The fourth-order valence-electron chi connectivity index (χ4n) is 4.18. The Balaban J connectivity index is 1.92. The van der Waals surface area contributed by atoms with Crippen molar-refractivity contribution >= 4 is 30.2 Å². The smallest absolute Gasteiger partial charge is 0.261 e. The summed E-state index contributed by atoms with van der Waals surface area (Å²) in [6.07, 6.45) is 13.3. The molecule has 8 nitrogen and oxygen atoms in total. The normalized spacial score (nSPS) is 17.8. The quantitative estimate of drug-likeness (QED) is 0.219. The molecule has 37 heavy (non-hydrogen) atoms. The Labute approximate surface area is 220 Å². The average molecular weight is 502 g/mol. The van der Waals surface area contributed by atoms with E-state index < -0.39 is 0 Å². The van der Waals surface area contributed by atoms with E-state index in [1.807, 2.05) is 30.7 Å². The molecule has 0 atom stereocenters. The lowest BCUT2D eigenvalue weighted by Crippen LogP contribution is -2.29. The van der Waals surface area contributed by atoms with Gasteiger partial charge in [-0.2, -0.15) is 5.10 Å². The molecule has 1 fully saturated rings. The molecule has 1 aromatic rings. The summed E-state index contributed by atoms with van der Waals surface area (Å²) in [5.74, 6) is 0.292. The van der Waals surface area contributed by atoms with Crippen molar-refractivity contribution in [3.05, 3.63) is 77.7 Å². The number of dihydropyridines is 1. The number of hydrogen-bond donors (Lipinski definition) is 1. The van der Waals surface area contributed by atoms with Crippen molar-refractivity contribution in [1.82, 2.24) is 9.58 Å². The number of aromatic nitrogens is 1. The average Bonchev–Trinajstić information content (AvgIpc) is 3.07. The van der Waals surface area contributed by atoms with Gasteiger partial charge in [-0.15, -0.1) is 5.10 Å². The highest BCUT2D eigenvalue weighted by atomic mass is 16.5. The van der Waals surface area contributed by atoms with E-state index in [4.69, 9.17) is 9.73 Å². The van der Waals surface area contributed by atoms with Crippen LogP contribution in [0.5, 0.6) is 0 Å². The summed E-state index contributed by atoms with van der Waals surface area (Å²) in [5, 5.41) is 8.49. The highest BCUT2D eigenvalue weighted by Crippen LogP contribution is 2.26. The largest absolute Gasteiger partial charge is 0.380 e. The van der Waals surface area contributed by atoms with Gasteiger partial charge in [-0.3, -0.25) is 20.0 Å². The Hall–Kier alpha value is -3.62. The summed E-state index contributed by atoms with van der Waals surface area (Å²) in [5.41, 5.74) is 10.7. The van der Waals surface area contributed by atoms with Crippen molar-refractivity contribution in [2.24, 2.45) is 20.2 Å². The predicted molar refractivity (Wildman–Crippen MR) is 157 cm³/mol. The van der Waals surface area contributed by atoms with E-state index in [0.717, 1.165) is 85.0 Å². The second-order valence-corrected chi connectivity index (χ2v) is 9.23. The number of hydrogen-bond acceptors (Lipinski definition) is 5. The highest BCUT2D eigenvalue weighted by molar-refractivity contribution is 6.25. The maximum Gasteiger partial charge on any atom is 0.261 e. The minimum absolute atomic E-state index is 0.292. The van der Waals surface area contributed by atoms with Crippen molar-refractivity contribution in [3.63, 3.8) is 0 Å². The zero-order valence-electron chi connectivity index (χ0n) is 22.4. The van der Waals surface area contributed by atoms with Crippen LogP contribution in [-0.4, -0.2) is 67.0 Å². The number of rotatable bonds is 9. The number of allylic oxidation sites excluding steroid dienone is 6. The molecule has 8 heteroatoms. The zero-order valence-corrected chi connectivity index (χ0v) is 22.4. The molecule has 196 valence electrons. The van der Waals surface area contributed by atoms with Gasteiger partial charge in [0, 0.05) is 49.3 Å². The second-order valence-electron chi connectivity index (χ2n) is 9.23. The molecule has 0 radical (unpaired) electrons. The van der Waals surface area contributed by atoms with Crippen LogP contribution in [-0.2, 0) is 11.3 Å². The topological polar surface area (TPSA) is 78.9 Å². The monoisotopic (exact) mass is 501 g/mol. The molecule has 1 N–H and O–H groups in total. The lowest BCUT2D eigenvalue weighted by atomic mass is 9.97. The molecule has 3 rings (SSSR count). The third-order valence-electron chi connectivity index (χ3n) is 5.87. The first-order chi connectivity index (χ1) is 17.9. The third kappa shape index (κ3) is 8.48. The van der Waals surface area contributed by atoms with Crippen LogP contribution in [0.2, 0.25) is 0 Å². The predicted octanol–water partition coefficient (Wildman–Crippen LogP) is 5.18. The van der Waals surface area contributed by atoms with Gasteiger partial charge in [-0.05, 0) is 56.7 Å². The SMILES string of the molecule is C=C/C=C(C=C(C)C)/C=N/N=C(N=C)Nn1cc(C2=CC(=C)CN=C2CC)cc1CN1CCCOCC1. The van der Waals surface area contributed by atoms with Gasteiger partial charge in [0.1, 0.15) is 0 Å². The van der Waals surface area contributed by atoms with E-state index in [1.54, 1.807) is 12.3 Å². The summed E-state index contributed by atoms with van der Waals surface area (Å²) in [6, 6.07) is 2.19. The summed E-state index contributed by atoms with van der Waals surface area (Å²) in [7, 11) is 0. The number of guanidine groups is 1. The van der Waals surface area contributed by atoms with E-state index in [9.17, 15) is 0 Å². The van der Waals surface area contributed by atoms with Gasteiger partial charge >= 0.3 is 0 Å². The molecule has 0 aliphatic carbocycles. The highest BCUT2D eigenvalue weighted by Gasteiger charge is 2.19. The fraction of sp³-hybridized carbons (Fsp3) is 0.379. The van der Waals surface area contributed by atoms with Gasteiger partial charge in [0.15, 0.2) is 0 Å². The maximum atomic E-state index is 5.65. The molecule has 0 amide bonds. The molecular formula is C29H39N7O. The summed E-state index contributed by atoms with van der Waals surface area (Å²) in [6.45, 7) is 22.6. The van der Waals surface area contributed by atoms with Crippen LogP contribution in [0, 0.1) is 0 Å². The van der Waals surface area contributed by atoms with E-state index in [0.29, 0.717) is 12.5 Å². The van der Waals surface area contributed by atoms with E-state index in [-0.39, 0.29) is 0 Å². The van der Waals surface area contributed by atoms with Gasteiger partial charge in [-0.1, -0.05) is 43.9 Å². The van der Waals surface area contributed by atoms with E-state index in [1.165, 1.54) is 0 Å². The first-order valence-corrected chi connectivity index (χ1v) is 12.7. The van der Waals surface area contributed by atoms with Crippen LogP contribution in [0.15, 0.2) is 86.6 Å². The number of aliphatic imine (C=N–C) groups is 2. The number of ether oxygens (including phenoxy) is 1. The molecule has 0 aromatic carbocycles. The zero-order chi connectivity index (χ0) is 26.6. The van der Waals surface area contributed by atoms with Crippen molar-refractivity contribution in [2.45, 2.75) is 40.2 Å². The molecule has 0 saturated carbocycles. The maximum absolute atomic E-state index is 5.65. The van der Waals surface area contributed by atoms with E-state index >= 15 is 0 Å². The number of nitrogens with zero attached hydrogens (tertiary/aromatic N) is 6. The van der Waals surface area contributed by atoms with Crippen molar-refractivity contribution in [1.29, 1.82) is 0 Å². The van der Waals surface area contributed by atoms with Crippen LogP contribution in [0.3, 0.4) is 0 Å². The first-order valence-electron chi connectivity index (χ1n) is 12.7. The van der Waals surface area contributed by atoms with Gasteiger partial charge in [0.05, 0.1) is 25.1 Å². The molecule has 0 spiro atoms. The summed E-state index contributed by atoms with van der Waals surface area (Å²) in [4.78, 5) is 11.2. The lowest BCUT2D eigenvalue weighted by Gasteiger charge is -2.20. The summed E-state index contributed by atoms with van der Waals surface area (Å²) >= 11 is 0.